The molecule has 1 amide bonds. The SMILES string of the molecule is COCCN1CCN(Cc2cc3c(Nc4cccc(Cl)c4F)ncnc3cc2OC)C(C(N)=O)C1. The van der Waals surface area contributed by atoms with E-state index >= 15 is 0 Å². The van der Waals surface area contributed by atoms with Gasteiger partial charge < -0.3 is 20.5 Å². The molecule has 0 radical (unpaired) electrons. The lowest BCUT2D eigenvalue weighted by Crippen LogP contribution is -2.58. The number of carbonyl (C=O) groups excluding carboxylic acids is 1. The second-order valence-electron chi connectivity index (χ2n) is 8.31. The average molecular weight is 503 g/mol. The molecule has 4 rings (SSSR count). The number of nitrogens with one attached hydrogen (secondary N) is 1. The molecule has 35 heavy (non-hydrogen) atoms. The zero-order chi connectivity index (χ0) is 24.9. The van der Waals surface area contributed by atoms with Crippen LogP contribution in [0.1, 0.15) is 5.56 Å². The third-order valence-electron chi connectivity index (χ3n) is 6.13. The second-order valence-corrected chi connectivity index (χ2v) is 8.72. The van der Waals surface area contributed by atoms with Gasteiger partial charge in [-0.25, -0.2) is 14.4 Å². The van der Waals surface area contributed by atoms with Gasteiger partial charge in [0.1, 0.15) is 23.9 Å². The quantitative estimate of drug-likeness (QED) is 0.460. The van der Waals surface area contributed by atoms with Crippen molar-refractivity contribution in [3.63, 3.8) is 0 Å². The van der Waals surface area contributed by atoms with Gasteiger partial charge in [0, 0.05) is 56.8 Å². The molecule has 1 fully saturated rings. The minimum atomic E-state index is -0.565. The number of rotatable bonds is 9. The van der Waals surface area contributed by atoms with E-state index in [1.807, 2.05) is 11.0 Å². The number of anilines is 2. The summed E-state index contributed by atoms with van der Waals surface area (Å²) in [5, 5.41) is 3.71. The Hall–Kier alpha value is -3.05. The smallest absolute Gasteiger partial charge is 0.236 e. The highest BCUT2D eigenvalue weighted by Crippen LogP contribution is 2.32. The topological polar surface area (TPSA) is 106 Å². The fourth-order valence-electron chi connectivity index (χ4n) is 4.25. The number of nitrogens with zero attached hydrogens (tertiary/aromatic N) is 4. The Balaban J connectivity index is 1.65. The number of carbonyl (C=O) groups is 1. The van der Waals surface area contributed by atoms with Crippen molar-refractivity contribution in [2.75, 3.05) is 52.3 Å². The van der Waals surface area contributed by atoms with Gasteiger partial charge in [-0.15, -0.1) is 0 Å². The highest BCUT2D eigenvalue weighted by Gasteiger charge is 2.31. The molecule has 11 heteroatoms. The van der Waals surface area contributed by atoms with Gasteiger partial charge in [-0.2, -0.15) is 0 Å². The molecule has 186 valence electrons. The summed E-state index contributed by atoms with van der Waals surface area (Å²) in [6.45, 7) is 3.73. The van der Waals surface area contributed by atoms with Crippen molar-refractivity contribution in [3.05, 3.63) is 53.1 Å². The summed E-state index contributed by atoms with van der Waals surface area (Å²) in [5.41, 5.74) is 7.42. The monoisotopic (exact) mass is 502 g/mol. The molecule has 2 heterocycles. The number of piperazine rings is 1. The first-order valence-corrected chi connectivity index (χ1v) is 11.6. The van der Waals surface area contributed by atoms with Crippen molar-refractivity contribution in [2.45, 2.75) is 12.6 Å². The molecule has 1 aliphatic rings. The fraction of sp³-hybridized carbons (Fsp3) is 0.375. The van der Waals surface area contributed by atoms with Crippen LogP contribution in [0.4, 0.5) is 15.9 Å². The number of methoxy groups -OCH3 is 2. The van der Waals surface area contributed by atoms with Crippen LogP contribution in [0.2, 0.25) is 5.02 Å². The van der Waals surface area contributed by atoms with Crippen molar-refractivity contribution in [3.8, 4) is 5.75 Å². The van der Waals surface area contributed by atoms with Crippen LogP contribution in [-0.2, 0) is 16.1 Å². The first-order chi connectivity index (χ1) is 16.9. The van der Waals surface area contributed by atoms with E-state index in [0.29, 0.717) is 48.7 Å². The maximum absolute atomic E-state index is 14.5. The molecular weight excluding hydrogens is 475 g/mol. The van der Waals surface area contributed by atoms with Crippen LogP contribution >= 0.6 is 11.6 Å². The molecule has 1 saturated heterocycles. The number of nitrogens with two attached hydrogens (primary N) is 1. The highest BCUT2D eigenvalue weighted by molar-refractivity contribution is 6.31. The summed E-state index contributed by atoms with van der Waals surface area (Å²) in [7, 11) is 3.24. The second kappa shape index (κ2) is 11.1. The number of fused-ring (bicyclic) bond motifs is 1. The van der Waals surface area contributed by atoms with E-state index in [1.165, 1.54) is 12.4 Å². The number of primary amides is 1. The van der Waals surface area contributed by atoms with Crippen LogP contribution in [-0.4, -0.2) is 78.7 Å². The molecule has 0 bridgehead atoms. The Morgan fingerprint density at radius 1 is 1.29 bits per heavy atom. The van der Waals surface area contributed by atoms with Gasteiger partial charge in [0.25, 0.3) is 0 Å². The molecule has 1 atom stereocenters. The molecular formula is C24H28ClFN6O3. The number of ether oxygens (including phenoxy) is 2. The van der Waals surface area contributed by atoms with E-state index in [0.717, 1.165) is 18.7 Å². The molecule has 1 unspecified atom stereocenters. The Morgan fingerprint density at radius 2 is 2.11 bits per heavy atom. The maximum atomic E-state index is 14.5. The van der Waals surface area contributed by atoms with Crippen molar-refractivity contribution < 1.29 is 18.7 Å². The van der Waals surface area contributed by atoms with E-state index in [2.05, 4.69) is 20.2 Å². The lowest BCUT2D eigenvalue weighted by atomic mass is 10.1. The molecule has 9 nitrogen and oxygen atoms in total. The van der Waals surface area contributed by atoms with Crippen LogP contribution in [0, 0.1) is 5.82 Å². The standard InChI is InChI=1S/C24H28ClFN6O3/c1-34-9-8-31-6-7-32(20(13-31)23(27)33)12-15-10-16-19(11-21(15)35-2)28-14-29-24(16)30-18-5-3-4-17(25)22(18)26/h3-5,10-11,14,20H,6-9,12-13H2,1-2H3,(H2,27,33)(H,28,29,30). The molecule has 0 spiro atoms. The Kier molecular flexibility index (Phi) is 7.97. The summed E-state index contributed by atoms with van der Waals surface area (Å²) in [6, 6.07) is 7.97. The summed E-state index contributed by atoms with van der Waals surface area (Å²) in [6.07, 6.45) is 1.40. The van der Waals surface area contributed by atoms with Gasteiger partial charge in [0.15, 0.2) is 5.82 Å². The Morgan fingerprint density at radius 3 is 2.86 bits per heavy atom. The van der Waals surface area contributed by atoms with E-state index in [1.54, 1.807) is 32.4 Å². The lowest BCUT2D eigenvalue weighted by Gasteiger charge is -2.40. The van der Waals surface area contributed by atoms with Gasteiger partial charge in [0.05, 0.1) is 29.9 Å². The molecule has 3 aromatic rings. The predicted octanol–water partition coefficient (Wildman–Crippen LogP) is 2.79. The molecule has 0 saturated carbocycles. The molecule has 2 aromatic carbocycles. The van der Waals surface area contributed by atoms with Crippen LogP contribution < -0.4 is 15.8 Å². The predicted molar refractivity (Wildman–Crippen MR) is 132 cm³/mol. The van der Waals surface area contributed by atoms with Crippen LogP contribution in [0.15, 0.2) is 36.7 Å². The minimum absolute atomic E-state index is 0.0119. The van der Waals surface area contributed by atoms with E-state index in [9.17, 15) is 9.18 Å². The normalized spacial score (nSPS) is 17.0. The zero-order valence-corrected chi connectivity index (χ0v) is 20.4. The largest absolute Gasteiger partial charge is 0.496 e. The van der Waals surface area contributed by atoms with Gasteiger partial charge in [-0.1, -0.05) is 17.7 Å². The number of hydrogen-bond donors (Lipinski definition) is 2. The minimum Gasteiger partial charge on any atom is -0.496 e. The molecule has 1 aromatic heterocycles. The third-order valence-corrected chi connectivity index (χ3v) is 6.42. The zero-order valence-electron chi connectivity index (χ0n) is 19.6. The summed E-state index contributed by atoms with van der Waals surface area (Å²) >= 11 is 5.93. The summed E-state index contributed by atoms with van der Waals surface area (Å²) < 4.78 is 25.3. The van der Waals surface area contributed by atoms with Crippen molar-refractivity contribution in [1.82, 2.24) is 19.8 Å². The molecule has 1 aliphatic heterocycles. The van der Waals surface area contributed by atoms with Gasteiger partial charge in [-0.05, 0) is 18.2 Å². The van der Waals surface area contributed by atoms with Crippen molar-refractivity contribution >= 4 is 39.9 Å². The third kappa shape index (κ3) is 5.62. The highest BCUT2D eigenvalue weighted by atomic mass is 35.5. The van der Waals surface area contributed by atoms with Gasteiger partial charge in [-0.3, -0.25) is 14.6 Å². The van der Waals surface area contributed by atoms with E-state index in [4.69, 9.17) is 26.8 Å². The van der Waals surface area contributed by atoms with Crippen LogP contribution in [0.5, 0.6) is 5.75 Å². The Bertz CT molecular complexity index is 1210. The van der Waals surface area contributed by atoms with Crippen molar-refractivity contribution in [1.29, 1.82) is 0 Å². The van der Waals surface area contributed by atoms with Gasteiger partial charge >= 0.3 is 0 Å². The molecule has 3 N–H and O–H groups in total. The van der Waals surface area contributed by atoms with Crippen LogP contribution in [0.25, 0.3) is 10.9 Å². The van der Waals surface area contributed by atoms with E-state index < -0.39 is 11.9 Å². The van der Waals surface area contributed by atoms with Gasteiger partial charge in [0.2, 0.25) is 5.91 Å². The Labute approximate surface area is 208 Å². The number of amides is 1. The lowest BCUT2D eigenvalue weighted by molar-refractivity contribution is -0.126. The van der Waals surface area contributed by atoms with E-state index in [-0.39, 0.29) is 16.6 Å². The maximum Gasteiger partial charge on any atom is 0.236 e. The van der Waals surface area contributed by atoms with Crippen molar-refractivity contribution in [2.24, 2.45) is 5.73 Å². The first-order valence-electron chi connectivity index (χ1n) is 11.2. The summed E-state index contributed by atoms with van der Waals surface area (Å²) in [4.78, 5) is 25.2. The number of benzene rings is 2. The summed E-state index contributed by atoms with van der Waals surface area (Å²) in [5.74, 6) is 0.108. The average Bonchev–Trinajstić information content (AvgIpc) is 2.86. The van der Waals surface area contributed by atoms with Crippen LogP contribution in [0.3, 0.4) is 0 Å². The molecule has 0 aliphatic carbocycles. The number of aromatic nitrogens is 2. The fourth-order valence-corrected chi connectivity index (χ4v) is 4.42. The number of hydrogen-bond acceptors (Lipinski definition) is 8. The first kappa shape index (κ1) is 25.1. The number of halogens is 2.